The van der Waals surface area contributed by atoms with E-state index < -0.39 is 0 Å². The lowest BCUT2D eigenvalue weighted by molar-refractivity contribution is 0.454. The summed E-state index contributed by atoms with van der Waals surface area (Å²) in [5, 5.41) is 4.21. The zero-order valence-electron chi connectivity index (χ0n) is 9.76. The van der Waals surface area contributed by atoms with Crippen molar-refractivity contribution >= 4 is 11.6 Å². The molecular formula is C13H20ClN. The maximum Gasteiger partial charge on any atom is 0.0408 e. The Morgan fingerprint density at radius 1 is 1.33 bits per heavy atom. The molecule has 0 bridgehead atoms. The predicted molar refractivity (Wildman–Crippen MR) is 67.6 cm³/mol. The van der Waals surface area contributed by atoms with Crippen molar-refractivity contribution in [2.24, 2.45) is 5.92 Å². The van der Waals surface area contributed by atoms with Crippen LogP contribution in [0.3, 0.4) is 0 Å². The highest BCUT2D eigenvalue weighted by Crippen LogP contribution is 2.25. The Morgan fingerprint density at radius 3 is 2.67 bits per heavy atom. The topological polar surface area (TPSA) is 12.0 Å². The molecule has 0 radical (unpaired) electrons. The molecule has 1 aromatic carbocycles. The first-order chi connectivity index (χ1) is 7.15. The highest BCUT2D eigenvalue weighted by Gasteiger charge is 2.13. The SMILES string of the molecule is CCNCC(C)C(C)c1cccc(Cl)c1. The third-order valence-corrected chi connectivity index (χ3v) is 3.18. The zero-order valence-corrected chi connectivity index (χ0v) is 10.5. The highest BCUT2D eigenvalue weighted by atomic mass is 35.5. The van der Waals surface area contributed by atoms with Crippen LogP contribution in [0, 0.1) is 5.92 Å². The second-order valence-corrected chi connectivity index (χ2v) is 4.57. The van der Waals surface area contributed by atoms with E-state index in [-0.39, 0.29) is 0 Å². The summed E-state index contributed by atoms with van der Waals surface area (Å²) in [5.41, 5.74) is 1.33. The third kappa shape index (κ3) is 3.84. The summed E-state index contributed by atoms with van der Waals surface area (Å²) in [6.07, 6.45) is 0. The summed E-state index contributed by atoms with van der Waals surface area (Å²) in [5.74, 6) is 1.17. The molecule has 0 aromatic heterocycles. The summed E-state index contributed by atoms with van der Waals surface area (Å²) in [4.78, 5) is 0. The largest absolute Gasteiger partial charge is 0.317 e. The molecule has 0 aliphatic heterocycles. The van der Waals surface area contributed by atoms with E-state index in [1.807, 2.05) is 12.1 Å². The monoisotopic (exact) mass is 225 g/mol. The van der Waals surface area contributed by atoms with E-state index in [4.69, 9.17) is 11.6 Å². The van der Waals surface area contributed by atoms with Gasteiger partial charge >= 0.3 is 0 Å². The Hall–Kier alpha value is -0.530. The van der Waals surface area contributed by atoms with E-state index in [2.05, 4.69) is 38.2 Å². The Labute approximate surface area is 97.8 Å². The van der Waals surface area contributed by atoms with Gasteiger partial charge < -0.3 is 5.32 Å². The van der Waals surface area contributed by atoms with Crippen LogP contribution in [0.2, 0.25) is 5.02 Å². The molecule has 0 aliphatic rings. The summed E-state index contributed by atoms with van der Waals surface area (Å²) in [6.45, 7) is 8.76. The van der Waals surface area contributed by atoms with Gasteiger partial charge in [-0.25, -0.2) is 0 Å². The fourth-order valence-corrected chi connectivity index (χ4v) is 1.87. The molecule has 15 heavy (non-hydrogen) atoms. The van der Waals surface area contributed by atoms with Gasteiger partial charge in [0.05, 0.1) is 0 Å². The fraction of sp³-hybridized carbons (Fsp3) is 0.538. The third-order valence-electron chi connectivity index (χ3n) is 2.94. The summed E-state index contributed by atoms with van der Waals surface area (Å²) in [7, 11) is 0. The molecule has 2 heteroatoms. The van der Waals surface area contributed by atoms with Crippen LogP contribution in [0.1, 0.15) is 32.3 Å². The quantitative estimate of drug-likeness (QED) is 0.806. The van der Waals surface area contributed by atoms with Crippen molar-refractivity contribution in [1.82, 2.24) is 5.32 Å². The van der Waals surface area contributed by atoms with Crippen molar-refractivity contribution in [1.29, 1.82) is 0 Å². The Morgan fingerprint density at radius 2 is 2.07 bits per heavy atom. The first-order valence-electron chi connectivity index (χ1n) is 5.61. The van der Waals surface area contributed by atoms with Gasteiger partial charge in [-0.05, 0) is 42.6 Å². The molecule has 2 unspecified atom stereocenters. The molecule has 1 N–H and O–H groups in total. The minimum absolute atomic E-state index is 0.544. The first-order valence-corrected chi connectivity index (χ1v) is 5.99. The van der Waals surface area contributed by atoms with E-state index in [1.54, 1.807) is 0 Å². The minimum atomic E-state index is 0.544. The van der Waals surface area contributed by atoms with Crippen LogP contribution in [-0.2, 0) is 0 Å². The van der Waals surface area contributed by atoms with Gasteiger partial charge in [0.1, 0.15) is 0 Å². The lowest BCUT2D eigenvalue weighted by atomic mass is 9.89. The molecule has 0 saturated carbocycles. The van der Waals surface area contributed by atoms with Gasteiger partial charge in [0.15, 0.2) is 0 Å². The fourth-order valence-electron chi connectivity index (χ4n) is 1.67. The first kappa shape index (κ1) is 12.5. The molecule has 1 aromatic rings. The maximum atomic E-state index is 5.98. The van der Waals surface area contributed by atoms with Crippen LogP contribution in [0.5, 0.6) is 0 Å². The number of halogens is 1. The zero-order chi connectivity index (χ0) is 11.3. The van der Waals surface area contributed by atoms with Gasteiger partial charge in [-0.2, -0.15) is 0 Å². The average molecular weight is 226 g/mol. The van der Waals surface area contributed by atoms with Crippen molar-refractivity contribution in [3.63, 3.8) is 0 Å². The van der Waals surface area contributed by atoms with Crippen LogP contribution in [0.4, 0.5) is 0 Å². The number of hydrogen-bond acceptors (Lipinski definition) is 1. The molecule has 0 spiro atoms. The lowest BCUT2D eigenvalue weighted by Crippen LogP contribution is -2.24. The Kier molecular flexibility index (Phi) is 5.13. The molecule has 0 saturated heterocycles. The smallest absolute Gasteiger partial charge is 0.0408 e. The van der Waals surface area contributed by atoms with E-state index in [1.165, 1.54) is 5.56 Å². The Bertz CT molecular complexity index is 298. The van der Waals surface area contributed by atoms with Crippen molar-refractivity contribution in [3.05, 3.63) is 34.9 Å². The molecule has 0 heterocycles. The van der Waals surface area contributed by atoms with Crippen molar-refractivity contribution in [2.45, 2.75) is 26.7 Å². The average Bonchev–Trinajstić information content (AvgIpc) is 2.24. The van der Waals surface area contributed by atoms with Crippen LogP contribution >= 0.6 is 11.6 Å². The molecule has 0 fully saturated rings. The van der Waals surface area contributed by atoms with Crippen LogP contribution in [-0.4, -0.2) is 13.1 Å². The van der Waals surface area contributed by atoms with Gasteiger partial charge in [0, 0.05) is 5.02 Å². The summed E-state index contributed by atoms with van der Waals surface area (Å²) >= 11 is 5.98. The molecule has 84 valence electrons. The number of rotatable bonds is 5. The van der Waals surface area contributed by atoms with Crippen molar-refractivity contribution in [3.8, 4) is 0 Å². The van der Waals surface area contributed by atoms with E-state index in [9.17, 15) is 0 Å². The molecular weight excluding hydrogens is 206 g/mol. The number of hydrogen-bond donors (Lipinski definition) is 1. The number of benzene rings is 1. The standard InChI is InChI=1S/C13H20ClN/c1-4-15-9-10(2)11(3)12-6-5-7-13(14)8-12/h5-8,10-11,15H,4,9H2,1-3H3. The second kappa shape index (κ2) is 6.14. The van der Waals surface area contributed by atoms with Gasteiger partial charge in [0.2, 0.25) is 0 Å². The number of nitrogens with one attached hydrogen (secondary N) is 1. The summed E-state index contributed by atoms with van der Waals surface area (Å²) < 4.78 is 0. The Balaban J connectivity index is 2.62. The normalized spacial score (nSPS) is 14.9. The molecule has 0 amide bonds. The van der Waals surface area contributed by atoms with Crippen LogP contribution < -0.4 is 5.32 Å². The maximum absolute atomic E-state index is 5.98. The summed E-state index contributed by atoms with van der Waals surface area (Å²) in [6, 6.07) is 8.16. The van der Waals surface area contributed by atoms with E-state index in [0.717, 1.165) is 18.1 Å². The molecule has 2 atom stereocenters. The molecule has 0 aliphatic carbocycles. The van der Waals surface area contributed by atoms with Crippen LogP contribution in [0.25, 0.3) is 0 Å². The highest BCUT2D eigenvalue weighted by molar-refractivity contribution is 6.30. The van der Waals surface area contributed by atoms with Gasteiger partial charge in [-0.3, -0.25) is 0 Å². The van der Waals surface area contributed by atoms with Gasteiger partial charge in [-0.1, -0.05) is 44.5 Å². The second-order valence-electron chi connectivity index (χ2n) is 4.13. The van der Waals surface area contributed by atoms with E-state index in [0.29, 0.717) is 11.8 Å². The van der Waals surface area contributed by atoms with Gasteiger partial charge in [0.25, 0.3) is 0 Å². The molecule has 1 nitrogen and oxygen atoms in total. The lowest BCUT2D eigenvalue weighted by Gasteiger charge is -2.20. The van der Waals surface area contributed by atoms with Crippen LogP contribution in [0.15, 0.2) is 24.3 Å². The predicted octanol–water partition coefficient (Wildman–Crippen LogP) is 3.69. The minimum Gasteiger partial charge on any atom is -0.317 e. The van der Waals surface area contributed by atoms with Crippen molar-refractivity contribution in [2.75, 3.05) is 13.1 Å². The van der Waals surface area contributed by atoms with E-state index >= 15 is 0 Å². The van der Waals surface area contributed by atoms with Crippen molar-refractivity contribution < 1.29 is 0 Å². The van der Waals surface area contributed by atoms with Gasteiger partial charge in [-0.15, -0.1) is 0 Å². The molecule has 1 rings (SSSR count).